The highest BCUT2D eigenvalue weighted by atomic mass is 16.5. The standard InChI is InChI=1S/C22H26N2O4/c1-27-18-10-6-15(7-11-18)14-17-4-3-5-20(22(17)24-26)21(23-25)16-8-12-19(28-2)13-9-16/h6-14,20-21,23,25-26H,3-5H2,1-2H3/b17-14+,24-22-/t20-,21-/m1/s1. The van der Waals surface area contributed by atoms with Crippen LogP contribution in [0, 0.1) is 5.92 Å². The van der Waals surface area contributed by atoms with Crippen molar-refractivity contribution < 1.29 is 19.9 Å². The van der Waals surface area contributed by atoms with E-state index in [9.17, 15) is 10.4 Å². The zero-order valence-electron chi connectivity index (χ0n) is 16.1. The molecule has 2 atom stereocenters. The number of oxime groups is 1. The molecule has 0 aromatic heterocycles. The Kier molecular flexibility index (Phi) is 6.68. The average Bonchev–Trinajstić information content (AvgIpc) is 2.75. The number of nitrogens with one attached hydrogen (secondary N) is 1. The maximum atomic E-state index is 9.85. The van der Waals surface area contributed by atoms with Gasteiger partial charge in [-0.2, -0.15) is 5.48 Å². The predicted octanol–water partition coefficient (Wildman–Crippen LogP) is 4.44. The lowest BCUT2D eigenvalue weighted by Gasteiger charge is -2.31. The zero-order valence-corrected chi connectivity index (χ0v) is 16.1. The number of ether oxygens (including phenoxy) is 2. The normalized spacial score (nSPS) is 20.9. The van der Waals surface area contributed by atoms with Crippen LogP contribution in [0.5, 0.6) is 11.5 Å². The summed E-state index contributed by atoms with van der Waals surface area (Å²) in [7, 11) is 3.25. The van der Waals surface area contributed by atoms with Crippen molar-refractivity contribution in [2.75, 3.05) is 14.2 Å². The third-order valence-corrected chi connectivity index (χ3v) is 5.22. The van der Waals surface area contributed by atoms with Gasteiger partial charge in [0.15, 0.2) is 0 Å². The Hall–Kier alpha value is -2.83. The smallest absolute Gasteiger partial charge is 0.118 e. The van der Waals surface area contributed by atoms with Crippen molar-refractivity contribution in [2.45, 2.75) is 25.3 Å². The van der Waals surface area contributed by atoms with Gasteiger partial charge in [0, 0.05) is 5.92 Å². The summed E-state index contributed by atoms with van der Waals surface area (Å²) in [4.78, 5) is 0. The Labute approximate surface area is 165 Å². The van der Waals surface area contributed by atoms with Gasteiger partial charge in [0.1, 0.15) is 11.5 Å². The second kappa shape index (κ2) is 9.39. The van der Waals surface area contributed by atoms with Crippen molar-refractivity contribution >= 4 is 11.8 Å². The lowest BCUT2D eigenvalue weighted by atomic mass is 9.77. The first-order valence-corrected chi connectivity index (χ1v) is 9.30. The minimum absolute atomic E-state index is 0.151. The third-order valence-electron chi connectivity index (χ3n) is 5.22. The highest BCUT2D eigenvalue weighted by Crippen LogP contribution is 2.36. The molecule has 0 amide bonds. The van der Waals surface area contributed by atoms with E-state index in [-0.39, 0.29) is 12.0 Å². The van der Waals surface area contributed by atoms with Gasteiger partial charge in [0.2, 0.25) is 0 Å². The van der Waals surface area contributed by atoms with Crippen LogP contribution in [0.3, 0.4) is 0 Å². The Morgan fingerprint density at radius 1 is 1.04 bits per heavy atom. The van der Waals surface area contributed by atoms with Crippen LogP contribution < -0.4 is 15.0 Å². The maximum absolute atomic E-state index is 9.85. The number of hydroxylamine groups is 1. The van der Waals surface area contributed by atoms with Crippen molar-refractivity contribution in [2.24, 2.45) is 11.1 Å². The molecule has 6 heteroatoms. The molecule has 0 heterocycles. The van der Waals surface area contributed by atoms with Crippen LogP contribution in [0.25, 0.3) is 6.08 Å². The van der Waals surface area contributed by atoms with Gasteiger partial charge in [-0.1, -0.05) is 29.4 Å². The van der Waals surface area contributed by atoms with E-state index in [0.29, 0.717) is 5.71 Å². The van der Waals surface area contributed by atoms with Gasteiger partial charge in [-0.3, -0.25) is 0 Å². The molecule has 1 aliphatic rings. The van der Waals surface area contributed by atoms with E-state index >= 15 is 0 Å². The van der Waals surface area contributed by atoms with Crippen LogP contribution in [-0.4, -0.2) is 30.3 Å². The molecule has 0 bridgehead atoms. The van der Waals surface area contributed by atoms with Gasteiger partial charge in [-0.15, -0.1) is 0 Å². The van der Waals surface area contributed by atoms with E-state index < -0.39 is 0 Å². The summed E-state index contributed by atoms with van der Waals surface area (Å²) >= 11 is 0. The van der Waals surface area contributed by atoms with E-state index in [0.717, 1.165) is 47.5 Å². The quantitative estimate of drug-likeness (QED) is 0.508. The Balaban J connectivity index is 1.88. The van der Waals surface area contributed by atoms with Crippen LogP contribution in [0.4, 0.5) is 0 Å². The van der Waals surface area contributed by atoms with Crippen LogP contribution in [0.2, 0.25) is 0 Å². The number of benzene rings is 2. The first-order valence-electron chi connectivity index (χ1n) is 9.30. The molecule has 0 radical (unpaired) electrons. The summed E-state index contributed by atoms with van der Waals surface area (Å²) in [5, 5.41) is 23.2. The second-order valence-electron chi connectivity index (χ2n) is 6.81. The molecule has 28 heavy (non-hydrogen) atoms. The minimum atomic E-state index is -0.378. The fraction of sp³-hybridized carbons (Fsp3) is 0.318. The molecule has 6 nitrogen and oxygen atoms in total. The third kappa shape index (κ3) is 4.35. The van der Waals surface area contributed by atoms with E-state index in [1.54, 1.807) is 14.2 Å². The molecule has 0 aliphatic heterocycles. The lowest BCUT2D eigenvalue weighted by molar-refractivity contribution is 0.106. The zero-order chi connectivity index (χ0) is 19.9. The van der Waals surface area contributed by atoms with Gasteiger partial charge in [0.05, 0.1) is 26.0 Å². The molecule has 148 valence electrons. The highest BCUT2D eigenvalue weighted by molar-refractivity contribution is 6.06. The van der Waals surface area contributed by atoms with Crippen molar-refractivity contribution in [3.63, 3.8) is 0 Å². The van der Waals surface area contributed by atoms with Crippen LogP contribution in [0.15, 0.2) is 59.3 Å². The average molecular weight is 382 g/mol. The molecule has 1 fully saturated rings. The number of methoxy groups -OCH3 is 2. The molecule has 3 rings (SSSR count). The molecule has 2 aromatic rings. The molecule has 0 unspecified atom stereocenters. The Bertz CT molecular complexity index is 829. The van der Waals surface area contributed by atoms with E-state index in [4.69, 9.17) is 9.47 Å². The van der Waals surface area contributed by atoms with Gasteiger partial charge < -0.3 is 19.9 Å². The number of nitrogens with zero attached hydrogens (tertiary/aromatic N) is 1. The van der Waals surface area contributed by atoms with E-state index in [1.165, 1.54) is 0 Å². The van der Waals surface area contributed by atoms with Crippen LogP contribution in [-0.2, 0) is 0 Å². The number of allylic oxidation sites excluding steroid dienone is 1. The first-order chi connectivity index (χ1) is 13.7. The van der Waals surface area contributed by atoms with Crippen LogP contribution >= 0.6 is 0 Å². The largest absolute Gasteiger partial charge is 0.497 e. The number of rotatable bonds is 6. The predicted molar refractivity (Wildman–Crippen MR) is 108 cm³/mol. The molecule has 0 spiro atoms. The van der Waals surface area contributed by atoms with Crippen molar-refractivity contribution in [1.29, 1.82) is 0 Å². The van der Waals surface area contributed by atoms with Gasteiger partial charge in [0.25, 0.3) is 0 Å². The highest BCUT2D eigenvalue weighted by Gasteiger charge is 2.33. The SMILES string of the molecule is COc1ccc(/C=C2\CCC[C@H]([C@H](NO)c3ccc(OC)cc3)\C2=N/O)cc1. The maximum Gasteiger partial charge on any atom is 0.118 e. The van der Waals surface area contributed by atoms with Gasteiger partial charge in [-0.05, 0) is 66.3 Å². The topological polar surface area (TPSA) is 83.3 Å². The molecule has 3 N–H and O–H groups in total. The fourth-order valence-electron chi connectivity index (χ4n) is 3.73. The van der Waals surface area contributed by atoms with Gasteiger partial charge in [-0.25, -0.2) is 0 Å². The second-order valence-corrected chi connectivity index (χ2v) is 6.81. The lowest BCUT2D eigenvalue weighted by Crippen LogP contribution is -2.34. The molecular formula is C22H26N2O4. The van der Waals surface area contributed by atoms with Crippen molar-refractivity contribution in [3.05, 3.63) is 65.2 Å². The summed E-state index contributed by atoms with van der Waals surface area (Å²) < 4.78 is 10.4. The molecule has 0 saturated heterocycles. The summed E-state index contributed by atoms with van der Waals surface area (Å²) in [5.74, 6) is 1.39. The van der Waals surface area contributed by atoms with E-state index in [1.807, 2.05) is 54.6 Å². The van der Waals surface area contributed by atoms with Crippen LogP contribution in [0.1, 0.15) is 36.4 Å². The summed E-state index contributed by atoms with van der Waals surface area (Å²) in [6.07, 6.45) is 4.61. The first kappa shape index (κ1) is 19.9. The number of hydrogen-bond acceptors (Lipinski definition) is 6. The molecule has 2 aromatic carbocycles. The summed E-state index contributed by atoms with van der Waals surface area (Å²) in [5.41, 5.74) is 5.90. The Morgan fingerprint density at radius 3 is 2.18 bits per heavy atom. The Morgan fingerprint density at radius 2 is 1.64 bits per heavy atom. The number of hydrogen-bond donors (Lipinski definition) is 3. The fourth-order valence-corrected chi connectivity index (χ4v) is 3.73. The summed E-state index contributed by atoms with van der Waals surface area (Å²) in [6.45, 7) is 0. The molecule has 1 aliphatic carbocycles. The van der Waals surface area contributed by atoms with E-state index in [2.05, 4.69) is 10.6 Å². The van der Waals surface area contributed by atoms with Crippen molar-refractivity contribution in [1.82, 2.24) is 5.48 Å². The minimum Gasteiger partial charge on any atom is -0.497 e. The summed E-state index contributed by atoms with van der Waals surface area (Å²) in [6, 6.07) is 14.9. The van der Waals surface area contributed by atoms with Crippen molar-refractivity contribution in [3.8, 4) is 11.5 Å². The monoisotopic (exact) mass is 382 g/mol. The molecular weight excluding hydrogens is 356 g/mol. The molecule has 1 saturated carbocycles. The van der Waals surface area contributed by atoms with Gasteiger partial charge >= 0.3 is 0 Å².